The summed E-state index contributed by atoms with van der Waals surface area (Å²) < 4.78 is 5.56. The van der Waals surface area contributed by atoms with Crippen LogP contribution in [0, 0.1) is 17.3 Å². The van der Waals surface area contributed by atoms with E-state index in [1.165, 1.54) is 25.0 Å². The van der Waals surface area contributed by atoms with E-state index in [-0.39, 0.29) is 24.2 Å². The molecule has 4 aliphatic rings. The zero-order valence-corrected chi connectivity index (χ0v) is 17.3. The van der Waals surface area contributed by atoms with Crippen molar-refractivity contribution in [3.63, 3.8) is 0 Å². The summed E-state index contributed by atoms with van der Waals surface area (Å²) in [5.74, 6) is 0.744. The number of hydrogen-bond donors (Lipinski definition) is 0. The van der Waals surface area contributed by atoms with Crippen molar-refractivity contribution >= 4 is 17.5 Å². The van der Waals surface area contributed by atoms with E-state index in [0.29, 0.717) is 30.0 Å². The first-order valence-electron chi connectivity index (χ1n) is 10.3. The molecule has 1 heterocycles. The summed E-state index contributed by atoms with van der Waals surface area (Å²) in [6, 6.07) is 7.34. The van der Waals surface area contributed by atoms with Crippen molar-refractivity contribution in [2.75, 3.05) is 18.3 Å². The molecule has 0 N–H and O–H groups in total. The first kappa shape index (κ1) is 20.3. The third kappa shape index (κ3) is 3.77. The minimum atomic E-state index is -0.310. The van der Waals surface area contributed by atoms with Gasteiger partial charge in [-0.3, -0.25) is 9.59 Å². The molecule has 0 saturated heterocycles. The van der Waals surface area contributed by atoms with Crippen molar-refractivity contribution in [1.82, 2.24) is 0 Å². The summed E-state index contributed by atoms with van der Waals surface area (Å²) in [5, 5.41) is 0. The van der Waals surface area contributed by atoms with E-state index in [4.69, 9.17) is 14.5 Å². The molecule has 6 heteroatoms. The molecule has 3 unspecified atom stereocenters. The number of carbonyl (C=O) groups excluding carboxylic acids is 2. The average molecular weight is 399 g/mol. The molecule has 5 rings (SSSR count). The second kappa shape index (κ2) is 7.67. The van der Waals surface area contributed by atoms with Gasteiger partial charge in [-0.15, -0.1) is 0 Å². The molecular formula is C23H29NO5. The first-order chi connectivity index (χ1) is 13.8. The monoisotopic (exact) mass is 399 g/mol. The van der Waals surface area contributed by atoms with Crippen LogP contribution in [-0.4, -0.2) is 30.8 Å². The van der Waals surface area contributed by atoms with Crippen molar-refractivity contribution in [3.05, 3.63) is 42.0 Å². The molecule has 3 saturated carbocycles. The molecule has 1 aliphatic heterocycles. The number of carbonyl (C=O) groups is 2. The summed E-state index contributed by atoms with van der Waals surface area (Å²) >= 11 is 0. The zero-order chi connectivity index (χ0) is 20.6. The van der Waals surface area contributed by atoms with E-state index >= 15 is 0 Å². The van der Waals surface area contributed by atoms with Crippen molar-refractivity contribution in [2.24, 2.45) is 17.3 Å². The van der Waals surface area contributed by atoms with Gasteiger partial charge in [0.25, 0.3) is 11.8 Å². The van der Waals surface area contributed by atoms with Crippen molar-refractivity contribution in [2.45, 2.75) is 52.1 Å². The van der Waals surface area contributed by atoms with Crippen LogP contribution in [0.3, 0.4) is 0 Å². The highest BCUT2D eigenvalue weighted by Gasteiger charge is 2.60. The van der Waals surface area contributed by atoms with E-state index in [9.17, 15) is 9.59 Å². The maximum Gasteiger partial charge on any atom is 0.258 e. The normalized spacial score (nSPS) is 30.0. The Morgan fingerprint density at radius 3 is 2.38 bits per heavy atom. The van der Waals surface area contributed by atoms with Gasteiger partial charge in [0.2, 0.25) is 0 Å². The van der Waals surface area contributed by atoms with Crippen LogP contribution in [0.25, 0.3) is 0 Å². The van der Waals surface area contributed by atoms with Gasteiger partial charge >= 0.3 is 0 Å². The predicted octanol–water partition coefficient (Wildman–Crippen LogP) is 3.80. The maximum absolute atomic E-state index is 11.7. The standard InChI is InChI=1S/C23H29NO5/c1-22(2)17-10-12-23(3,19(22)14-17)29-28-15-27-13-11-16-4-6-18(7-5-16)24-20(25)8-9-21(24)26/h4-9,17,19H,10-15H2,1-3H3. The minimum absolute atomic E-state index is 0.104. The lowest BCUT2D eigenvalue weighted by molar-refractivity contribution is -0.421. The minimum Gasteiger partial charge on any atom is -0.352 e. The van der Waals surface area contributed by atoms with Crippen LogP contribution in [0.15, 0.2) is 36.4 Å². The maximum atomic E-state index is 11.7. The third-order valence-electron chi connectivity index (χ3n) is 7.12. The number of rotatable bonds is 8. The van der Waals surface area contributed by atoms with Crippen molar-refractivity contribution < 1.29 is 24.1 Å². The van der Waals surface area contributed by atoms with E-state index in [1.807, 2.05) is 12.1 Å². The second-order valence-electron chi connectivity index (χ2n) is 9.15. The molecular weight excluding hydrogens is 370 g/mol. The number of benzene rings is 1. The summed E-state index contributed by atoms with van der Waals surface area (Å²) in [6.07, 6.45) is 6.74. The second-order valence-corrected chi connectivity index (χ2v) is 9.15. The quantitative estimate of drug-likeness (QED) is 0.219. The Hall–Kier alpha value is -2.02. The zero-order valence-electron chi connectivity index (χ0n) is 17.3. The number of ether oxygens (including phenoxy) is 1. The van der Waals surface area contributed by atoms with Gasteiger partial charge in [0.15, 0.2) is 6.79 Å². The lowest BCUT2D eigenvalue weighted by Gasteiger charge is -2.63. The Morgan fingerprint density at radius 1 is 1.07 bits per heavy atom. The Bertz CT molecular complexity index is 795. The van der Waals surface area contributed by atoms with Crippen LogP contribution in [-0.2, 0) is 30.5 Å². The van der Waals surface area contributed by atoms with Gasteiger partial charge in [-0.05, 0) is 67.6 Å². The van der Waals surface area contributed by atoms with Crippen LogP contribution in [0.2, 0.25) is 0 Å². The molecule has 1 aromatic carbocycles. The predicted molar refractivity (Wildman–Crippen MR) is 108 cm³/mol. The summed E-state index contributed by atoms with van der Waals surface area (Å²) in [6.45, 7) is 7.43. The number of nitrogens with zero attached hydrogens (tertiary/aromatic N) is 1. The molecule has 0 spiro atoms. The molecule has 3 fully saturated rings. The molecule has 3 atom stereocenters. The van der Waals surface area contributed by atoms with E-state index in [2.05, 4.69) is 20.8 Å². The molecule has 29 heavy (non-hydrogen) atoms. The highest BCUT2D eigenvalue weighted by atomic mass is 17.2. The average Bonchev–Trinajstić information content (AvgIpc) is 3.03. The molecule has 156 valence electrons. The molecule has 6 nitrogen and oxygen atoms in total. The molecule has 2 bridgehead atoms. The number of hydrogen-bond acceptors (Lipinski definition) is 5. The number of fused-ring (bicyclic) bond motifs is 2. The first-order valence-corrected chi connectivity index (χ1v) is 10.3. The van der Waals surface area contributed by atoms with Crippen LogP contribution in [0.5, 0.6) is 0 Å². The summed E-state index contributed by atoms with van der Waals surface area (Å²) in [4.78, 5) is 35.8. The third-order valence-corrected chi connectivity index (χ3v) is 7.12. The van der Waals surface area contributed by atoms with E-state index < -0.39 is 0 Å². The Balaban J connectivity index is 1.17. The molecule has 1 aromatic rings. The molecule has 0 aromatic heterocycles. The van der Waals surface area contributed by atoms with E-state index in [1.54, 1.807) is 12.1 Å². The van der Waals surface area contributed by atoms with Crippen LogP contribution < -0.4 is 4.90 Å². The van der Waals surface area contributed by atoms with Crippen LogP contribution in [0.4, 0.5) is 5.69 Å². The Morgan fingerprint density at radius 2 is 1.76 bits per heavy atom. The lowest BCUT2D eigenvalue weighted by Crippen LogP contribution is -2.61. The van der Waals surface area contributed by atoms with Crippen molar-refractivity contribution in [1.29, 1.82) is 0 Å². The van der Waals surface area contributed by atoms with Crippen LogP contribution in [0.1, 0.15) is 45.6 Å². The molecule has 0 radical (unpaired) electrons. The van der Waals surface area contributed by atoms with Gasteiger partial charge in [-0.1, -0.05) is 26.0 Å². The topological polar surface area (TPSA) is 65.1 Å². The Kier molecular flexibility index (Phi) is 5.36. The fourth-order valence-corrected chi connectivity index (χ4v) is 5.18. The number of anilines is 1. The number of imide groups is 1. The number of amides is 2. The van der Waals surface area contributed by atoms with Gasteiger partial charge in [0.1, 0.15) is 5.60 Å². The fourth-order valence-electron chi connectivity index (χ4n) is 5.18. The summed E-state index contributed by atoms with van der Waals surface area (Å²) in [7, 11) is 0. The molecule has 2 amide bonds. The smallest absolute Gasteiger partial charge is 0.258 e. The molecule has 3 aliphatic carbocycles. The summed E-state index contributed by atoms with van der Waals surface area (Å²) in [5.41, 5.74) is 1.75. The largest absolute Gasteiger partial charge is 0.352 e. The lowest BCUT2D eigenvalue weighted by atomic mass is 9.44. The van der Waals surface area contributed by atoms with Crippen molar-refractivity contribution in [3.8, 4) is 0 Å². The SMILES string of the molecule is CC1(OOCOCCc2ccc(N3C(=O)C=CC3=O)cc2)CCC2CC1C2(C)C. The highest BCUT2D eigenvalue weighted by molar-refractivity contribution is 6.28. The fraction of sp³-hybridized carbons (Fsp3) is 0.565. The van der Waals surface area contributed by atoms with Gasteiger partial charge in [-0.2, -0.15) is 0 Å². The van der Waals surface area contributed by atoms with Gasteiger partial charge < -0.3 is 4.74 Å². The Labute approximate surface area is 171 Å². The van der Waals surface area contributed by atoms with Gasteiger partial charge in [-0.25, -0.2) is 14.7 Å². The van der Waals surface area contributed by atoms with Crippen LogP contribution >= 0.6 is 0 Å². The van der Waals surface area contributed by atoms with Gasteiger partial charge in [0.05, 0.1) is 12.3 Å². The van der Waals surface area contributed by atoms with Gasteiger partial charge in [0, 0.05) is 12.2 Å². The van der Waals surface area contributed by atoms with E-state index in [0.717, 1.165) is 22.8 Å². The highest BCUT2D eigenvalue weighted by Crippen LogP contribution is 2.63.